The molecule has 4 heteroatoms. The summed E-state index contributed by atoms with van der Waals surface area (Å²) in [6.07, 6.45) is 0.661. The number of hydrogen-bond acceptors (Lipinski definition) is 4. The van der Waals surface area contributed by atoms with E-state index in [0.717, 1.165) is 17.9 Å². The van der Waals surface area contributed by atoms with Crippen molar-refractivity contribution in [1.29, 1.82) is 0 Å². The van der Waals surface area contributed by atoms with Gasteiger partial charge in [0.15, 0.2) is 0 Å². The van der Waals surface area contributed by atoms with Crippen LogP contribution in [-0.2, 0) is 6.42 Å². The number of nitrogens with zero attached hydrogens (tertiary/aromatic N) is 2. The summed E-state index contributed by atoms with van der Waals surface area (Å²) in [5.41, 5.74) is 1.81. The highest BCUT2D eigenvalue weighted by molar-refractivity contribution is 5.83. The van der Waals surface area contributed by atoms with Crippen LogP contribution in [0.5, 0.6) is 5.75 Å². The highest BCUT2D eigenvalue weighted by atomic mass is 16.5. The van der Waals surface area contributed by atoms with Crippen LogP contribution >= 0.6 is 0 Å². The summed E-state index contributed by atoms with van der Waals surface area (Å²) in [7, 11) is 4.03. The Morgan fingerprint density at radius 3 is 2.47 bits per heavy atom. The van der Waals surface area contributed by atoms with Crippen LogP contribution in [0.3, 0.4) is 0 Å². The second-order valence-corrected chi connectivity index (χ2v) is 4.31. The first-order valence-corrected chi connectivity index (χ1v) is 5.66. The summed E-state index contributed by atoms with van der Waals surface area (Å²) < 4.78 is 5.58. The van der Waals surface area contributed by atoms with E-state index in [1.54, 1.807) is 6.92 Å². The van der Waals surface area contributed by atoms with E-state index < -0.39 is 0 Å². The normalized spacial score (nSPS) is 11.9. The standard InChI is InChI=1S/C13H20N2O2/c1-11(14-16)10-12-4-6-13(7-5-12)17-9-8-15(2)3/h4-7,16H,8-10H2,1-3H3/b14-11+. The second-order valence-electron chi connectivity index (χ2n) is 4.31. The minimum absolute atomic E-state index is 0.661. The SMILES string of the molecule is C/C(Cc1ccc(OCCN(C)C)cc1)=N\O. The molecule has 0 aliphatic rings. The van der Waals surface area contributed by atoms with Gasteiger partial charge in [0.1, 0.15) is 12.4 Å². The lowest BCUT2D eigenvalue weighted by Crippen LogP contribution is -2.19. The molecule has 0 amide bonds. The largest absolute Gasteiger partial charge is 0.492 e. The molecule has 0 bridgehead atoms. The first kappa shape index (κ1) is 13.5. The first-order chi connectivity index (χ1) is 8.11. The number of oxime groups is 1. The van der Waals surface area contributed by atoms with Crippen LogP contribution < -0.4 is 4.74 Å². The van der Waals surface area contributed by atoms with Crippen molar-refractivity contribution >= 4 is 5.71 Å². The van der Waals surface area contributed by atoms with Gasteiger partial charge in [0, 0.05) is 13.0 Å². The molecule has 1 rings (SSSR count). The summed E-state index contributed by atoms with van der Waals surface area (Å²) >= 11 is 0. The molecule has 0 saturated carbocycles. The van der Waals surface area contributed by atoms with E-state index in [1.807, 2.05) is 38.4 Å². The Balaban J connectivity index is 2.45. The molecule has 94 valence electrons. The Hall–Kier alpha value is -1.55. The highest BCUT2D eigenvalue weighted by Gasteiger charge is 1.98. The highest BCUT2D eigenvalue weighted by Crippen LogP contribution is 2.12. The zero-order valence-corrected chi connectivity index (χ0v) is 10.7. The predicted octanol–water partition coefficient (Wildman–Crippen LogP) is 2.02. The Kier molecular flexibility index (Phi) is 5.49. The molecule has 0 saturated heterocycles. The van der Waals surface area contributed by atoms with Gasteiger partial charge in [-0.25, -0.2) is 0 Å². The summed E-state index contributed by atoms with van der Waals surface area (Å²) in [4.78, 5) is 2.08. The van der Waals surface area contributed by atoms with E-state index in [2.05, 4.69) is 10.1 Å². The lowest BCUT2D eigenvalue weighted by Gasteiger charge is -2.11. The van der Waals surface area contributed by atoms with Crippen LogP contribution in [0.2, 0.25) is 0 Å². The Labute approximate surface area is 103 Å². The molecule has 17 heavy (non-hydrogen) atoms. The zero-order valence-electron chi connectivity index (χ0n) is 10.7. The van der Waals surface area contributed by atoms with Gasteiger partial charge in [-0.2, -0.15) is 0 Å². The van der Waals surface area contributed by atoms with Crippen LogP contribution in [-0.4, -0.2) is 43.1 Å². The average Bonchev–Trinajstić information content (AvgIpc) is 2.31. The van der Waals surface area contributed by atoms with Crippen LogP contribution in [0.25, 0.3) is 0 Å². The fourth-order valence-corrected chi connectivity index (χ4v) is 1.38. The van der Waals surface area contributed by atoms with E-state index >= 15 is 0 Å². The lowest BCUT2D eigenvalue weighted by atomic mass is 10.1. The molecule has 0 heterocycles. The van der Waals surface area contributed by atoms with E-state index in [-0.39, 0.29) is 0 Å². The molecule has 0 aromatic heterocycles. The molecule has 4 nitrogen and oxygen atoms in total. The van der Waals surface area contributed by atoms with Gasteiger partial charge in [-0.3, -0.25) is 0 Å². The van der Waals surface area contributed by atoms with Crippen LogP contribution in [0.1, 0.15) is 12.5 Å². The van der Waals surface area contributed by atoms with Crippen LogP contribution in [0, 0.1) is 0 Å². The van der Waals surface area contributed by atoms with E-state index in [0.29, 0.717) is 18.7 Å². The zero-order chi connectivity index (χ0) is 12.7. The molecule has 0 aliphatic carbocycles. The summed E-state index contributed by atoms with van der Waals surface area (Å²) in [5, 5.41) is 11.7. The molecule has 0 fully saturated rings. The molecule has 0 atom stereocenters. The predicted molar refractivity (Wildman–Crippen MR) is 69.1 cm³/mol. The minimum atomic E-state index is 0.661. The van der Waals surface area contributed by atoms with Gasteiger partial charge in [0.05, 0.1) is 5.71 Å². The molecule has 0 aliphatic heterocycles. The fourth-order valence-electron chi connectivity index (χ4n) is 1.38. The van der Waals surface area contributed by atoms with E-state index in [4.69, 9.17) is 9.94 Å². The molecule has 0 unspecified atom stereocenters. The van der Waals surface area contributed by atoms with Gasteiger partial charge < -0.3 is 14.8 Å². The van der Waals surface area contributed by atoms with E-state index in [1.165, 1.54) is 0 Å². The monoisotopic (exact) mass is 236 g/mol. The number of hydrogen-bond donors (Lipinski definition) is 1. The number of likely N-dealkylation sites (N-methyl/N-ethyl adjacent to an activating group) is 1. The topological polar surface area (TPSA) is 45.1 Å². The van der Waals surface area contributed by atoms with Crippen molar-refractivity contribution in [2.75, 3.05) is 27.2 Å². The van der Waals surface area contributed by atoms with Gasteiger partial charge in [0.2, 0.25) is 0 Å². The van der Waals surface area contributed by atoms with Gasteiger partial charge in [-0.1, -0.05) is 17.3 Å². The summed E-state index contributed by atoms with van der Waals surface area (Å²) in [6, 6.07) is 7.85. The van der Waals surface area contributed by atoms with E-state index in [9.17, 15) is 0 Å². The molecule has 1 aromatic carbocycles. The Bertz CT molecular complexity index is 358. The molecular formula is C13H20N2O2. The second kappa shape index (κ2) is 6.91. The van der Waals surface area contributed by atoms with Gasteiger partial charge in [-0.15, -0.1) is 0 Å². The molecule has 1 N–H and O–H groups in total. The molecule has 0 radical (unpaired) electrons. The third-order valence-electron chi connectivity index (χ3n) is 2.36. The van der Waals surface area contributed by atoms with Crippen molar-refractivity contribution in [2.45, 2.75) is 13.3 Å². The quantitative estimate of drug-likeness (QED) is 0.467. The first-order valence-electron chi connectivity index (χ1n) is 5.66. The molecule has 0 spiro atoms. The third kappa shape index (κ3) is 5.36. The van der Waals surface area contributed by atoms with Gasteiger partial charge in [-0.05, 0) is 38.7 Å². The van der Waals surface area contributed by atoms with Crippen LogP contribution in [0.4, 0.5) is 0 Å². The minimum Gasteiger partial charge on any atom is -0.492 e. The van der Waals surface area contributed by atoms with Crippen molar-refractivity contribution in [3.05, 3.63) is 29.8 Å². The maximum atomic E-state index is 8.58. The van der Waals surface area contributed by atoms with Crippen molar-refractivity contribution < 1.29 is 9.94 Å². The maximum Gasteiger partial charge on any atom is 0.119 e. The summed E-state index contributed by atoms with van der Waals surface area (Å²) in [5.74, 6) is 0.870. The van der Waals surface area contributed by atoms with Crippen molar-refractivity contribution in [3.8, 4) is 5.75 Å². The smallest absolute Gasteiger partial charge is 0.119 e. The number of rotatable bonds is 6. The summed E-state index contributed by atoms with van der Waals surface area (Å²) in [6.45, 7) is 3.38. The molecule has 1 aromatic rings. The maximum absolute atomic E-state index is 8.58. The Morgan fingerprint density at radius 2 is 1.94 bits per heavy atom. The van der Waals surface area contributed by atoms with Gasteiger partial charge >= 0.3 is 0 Å². The van der Waals surface area contributed by atoms with Crippen molar-refractivity contribution in [3.63, 3.8) is 0 Å². The van der Waals surface area contributed by atoms with Crippen LogP contribution in [0.15, 0.2) is 29.4 Å². The average molecular weight is 236 g/mol. The van der Waals surface area contributed by atoms with Crippen molar-refractivity contribution in [1.82, 2.24) is 4.90 Å². The number of ether oxygens (including phenoxy) is 1. The Morgan fingerprint density at radius 1 is 1.29 bits per heavy atom. The molecular weight excluding hydrogens is 216 g/mol. The number of benzene rings is 1. The van der Waals surface area contributed by atoms with Crippen molar-refractivity contribution in [2.24, 2.45) is 5.16 Å². The van der Waals surface area contributed by atoms with Gasteiger partial charge in [0.25, 0.3) is 0 Å². The lowest BCUT2D eigenvalue weighted by molar-refractivity contribution is 0.261. The third-order valence-corrected chi connectivity index (χ3v) is 2.36. The fraction of sp³-hybridized carbons (Fsp3) is 0.462.